The summed E-state index contributed by atoms with van der Waals surface area (Å²) in [5.41, 5.74) is 1.00. The number of hydrogen-bond acceptors (Lipinski definition) is 5. The molecular weight excluding hydrogens is 338 g/mol. The monoisotopic (exact) mass is 365 g/mol. The molecule has 5 nitrogen and oxygen atoms in total. The molecule has 2 rings (SSSR count). The number of benzene rings is 1. The third-order valence-corrected chi connectivity index (χ3v) is 5.26. The Hall–Kier alpha value is -1.69. The molecule has 1 heterocycles. The Morgan fingerprint density at radius 2 is 2.00 bits per heavy atom. The van der Waals surface area contributed by atoms with E-state index in [9.17, 15) is 9.59 Å². The highest BCUT2D eigenvalue weighted by Crippen LogP contribution is 2.37. The van der Waals surface area contributed by atoms with Crippen molar-refractivity contribution in [1.82, 2.24) is 4.90 Å². The topological polar surface area (TPSA) is 55.8 Å². The first-order valence-corrected chi connectivity index (χ1v) is 10.00. The summed E-state index contributed by atoms with van der Waals surface area (Å²) in [4.78, 5) is 26.1. The fourth-order valence-electron chi connectivity index (χ4n) is 2.69. The lowest BCUT2D eigenvalue weighted by Crippen LogP contribution is -2.41. The number of esters is 1. The highest BCUT2D eigenvalue weighted by Gasteiger charge is 2.31. The first-order valence-electron chi connectivity index (χ1n) is 8.95. The molecule has 1 saturated heterocycles. The van der Waals surface area contributed by atoms with Gasteiger partial charge in [-0.1, -0.05) is 31.9 Å². The van der Waals surface area contributed by atoms with Crippen molar-refractivity contribution in [2.45, 2.75) is 44.9 Å². The Morgan fingerprint density at radius 3 is 2.68 bits per heavy atom. The number of hydrogen-bond donors (Lipinski definition) is 0. The Labute approximate surface area is 154 Å². The zero-order valence-corrected chi connectivity index (χ0v) is 15.8. The summed E-state index contributed by atoms with van der Waals surface area (Å²) in [6.45, 7) is 5.10. The molecule has 6 heteroatoms. The molecule has 1 aromatic rings. The van der Waals surface area contributed by atoms with Gasteiger partial charge < -0.3 is 14.4 Å². The number of amides is 1. The van der Waals surface area contributed by atoms with Gasteiger partial charge >= 0.3 is 5.97 Å². The van der Waals surface area contributed by atoms with Crippen LogP contribution in [0.2, 0.25) is 0 Å². The predicted octanol–water partition coefficient (Wildman–Crippen LogP) is 3.78. The first kappa shape index (κ1) is 19.6. The van der Waals surface area contributed by atoms with Gasteiger partial charge in [0.25, 0.3) is 0 Å². The second kappa shape index (κ2) is 10.3. The molecule has 138 valence electrons. The summed E-state index contributed by atoms with van der Waals surface area (Å²) in [6.07, 6.45) is 3.45. The van der Waals surface area contributed by atoms with Gasteiger partial charge in [0.15, 0.2) is 0 Å². The maximum absolute atomic E-state index is 12.3. The molecule has 1 atom stereocenters. The van der Waals surface area contributed by atoms with Crippen LogP contribution in [0.5, 0.6) is 5.75 Å². The summed E-state index contributed by atoms with van der Waals surface area (Å²) in [6, 6.07) is 7.72. The van der Waals surface area contributed by atoms with Crippen LogP contribution < -0.4 is 4.74 Å². The Balaban J connectivity index is 1.99. The smallest absolute Gasteiger partial charge is 0.325 e. The van der Waals surface area contributed by atoms with E-state index < -0.39 is 0 Å². The second-order valence-electron chi connectivity index (χ2n) is 5.92. The summed E-state index contributed by atoms with van der Waals surface area (Å²) >= 11 is 1.68. The van der Waals surface area contributed by atoms with E-state index in [1.165, 1.54) is 0 Å². The van der Waals surface area contributed by atoms with E-state index in [-0.39, 0.29) is 23.8 Å². The van der Waals surface area contributed by atoms with E-state index in [2.05, 4.69) is 6.92 Å². The van der Waals surface area contributed by atoms with Crippen LogP contribution in [0.1, 0.15) is 50.5 Å². The SMILES string of the molecule is CCCCCOC(=O)CN1C(=O)CCSC1c1ccc(OCC)cc1. The maximum atomic E-state index is 12.3. The lowest BCUT2D eigenvalue weighted by atomic mass is 10.2. The molecule has 1 fully saturated rings. The van der Waals surface area contributed by atoms with Crippen LogP contribution in [0.25, 0.3) is 0 Å². The van der Waals surface area contributed by atoms with Crippen molar-refractivity contribution in [2.75, 3.05) is 25.5 Å². The summed E-state index contributed by atoms with van der Waals surface area (Å²) in [5, 5.41) is -0.153. The lowest BCUT2D eigenvalue weighted by Gasteiger charge is -2.34. The quantitative estimate of drug-likeness (QED) is 0.492. The number of rotatable bonds is 9. The molecule has 1 aliphatic heterocycles. The maximum Gasteiger partial charge on any atom is 0.325 e. The van der Waals surface area contributed by atoms with E-state index >= 15 is 0 Å². The Kier molecular flexibility index (Phi) is 8.12. The van der Waals surface area contributed by atoms with Crippen molar-refractivity contribution in [3.05, 3.63) is 29.8 Å². The zero-order valence-electron chi connectivity index (χ0n) is 15.0. The van der Waals surface area contributed by atoms with E-state index in [4.69, 9.17) is 9.47 Å². The van der Waals surface area contributed by atoms with Crippen molar-refractivity contribution in [3.63, 3.8) is 0 Å². The Bertz CT molecular complexity index is 561. The van der Waals surface area contributed by atoms with Crippen molar-refractivity contribution in [3.8, 4) is 5.75 Å². The number of thioether (sulfide) groups is 1. The molecule has 0 radical (unpaired) electrons. The fourth-order valence-corrected chi connectivity index (χ4v) is 3.92. The van der Waals surface area contributed by atoms with Gasteiger partial charge in [0, 0.05) is 12.2 Å². The van der Waals surface area contributed by atoms with Gasteiger partial charge in [0.05, 0.1) is 13.2 Å². The van der Waals surface area contributed by atoms with Crippen LogP contribution in [0.3, 0.4) is 0 Å². The van der Waals surface area contributed by atoms with Crippen LogP contribution in [-0.4, -0.2) is 42.3 Å². The molecule has 0 aliphatic carbocycles. The standard InChI is InChI=1S/C19H27NO4S/c1-3-5-6-12-24-18(22)14-20-17(21)11-13-25-19(20)15-7-9-16(10-8-15)23-4-2/h7-10,19H,3-6,11-14H2,1-2H3. The van der Waals surface area contributed by atoms with Crippen molar-refractivity contribution in [1.29, 1.82) is 0 Å². The molecule has 1 unspecified atom stereocenters. The molecule has 0 saturated carbocycles. The fraction of sp³-hybridized carbons (Fsp3) is 0.579. The van der Waals surface area contributed by atoms with Gasteiger partial charge in [-0.25, -0.2) is 0 Å². The lowest BCUT2D eigenvalue weighted by molar-refractivity contribution is -0.150. The van der Waals surface area contributed by atoms with Gasteiger partial charge in [-0.2, -0.15) is 0 Å². The van der Waals surface area contributed by atoms with Crippen molar-refractivity contribution in [2.24, 2.45) is 0 Å². The van der Waals surface area contributed by atoms with E-state index in [0.29, 0.717) is 19.6 Å². The van der Waals surface area contributed by atoms with Gasteiger partial charge in [0.2, 0.25) is 5.91 Å². The third kappa shape index (κ3) is 5.96. The average Bonchev–Trinajstić information content (AvgIpc) is 2.61. The number of ether oxygens (including phenoxy) is 2. The molecule has 0 bridgehead atoms. The number of carbonyl (C=O) groups is 2. The van der Waals surface area contributed by atoms with Gasteiger partial charge in [-0.15, -0.1) is 11.8 Å². The normalized spacial score (nSPS) is 17.4. The highest BCUT2D eigenvalue weighted by atomic mass is 32.2. The molecule has 0 aromatic heterocycles. The Morgan fingerprint density at radius 1 is 1.24 bits per heavy atom. The van der Waals surface area contributed by atoms with Crippen LogP contribution in [0, 0.1) is 0 Å². The summed E-state index contributed by atoms with van der Waals surface area (Å²) in [7, 11) is 0. The van der Waals surface area contributed by atoms with Gasteiger partial charge in [-0.05, 0) is 31.0 Å². The van der Waals surface area contributed by atoms with Crippen LogP contribution in [0.4, 0.5) is 0 Å². The first-order chi connectivity index (χ1) is 12.2. The molecule has 0 N–H and O–H groups in total. The largest absolute Gasteiger partial charge is 0.494 e. The van der Waals surface area contributed by atoms with Crippen molar-refractivity contribution >= 4 is 23.6 Å². The summed E-state index contributed by atoms with van der Waals surface area (Å²) < 4.78 is 10.7. The van der Waals surface area contributed by atoms with Crippen LogP contribution in [0.15, 0.2) is 24.3 Å². The molecule has 25 heavy (non-hydrogen) atoms. The number of nitrogens with zero attached hydrogens (tertiary/aromatic N) is 1. The average molecular weight is 365 g/mol. The number of unbranched alkanes of at least 4 members (excludes halogenated alkanes) is 2. The predicted molar refractivity (Wildman–Crippen MR) is 99.6 cm³/mol. The minimum atomic E-state index is -0.331. The van der Waals surface area contributed by atoms with Crippen molar-refractivity contribution < 1.29 is 19.1 Å². The molecule has 0 spiro atoms. The zero-order chi connectivity index (χ0) is 18.1. The third-order valence-electron chi connectivity index (χ3n) is 3.98. The van der Waals surface area contributed by atoms with Crippen LogP contribution >= 0.6 is 11.8 Å². The molecule has 1 aliphatic rings. The van der Waals surface area contributed by atoms with E-state index in [1.54, 1.807) is 16.7 Å². The highest BCUT2D eigenvalue weighted by molar-refractivity contribution is 7.99. The second-order valence-corrected chi connectivity index (χ2v) is 7.11. The van der Waals surface area contributed by atoms with Gasteiger partial charge in [0.1, 0.15) is 17.7 Å². The minimum Gasteiger partial charge on any atom is -0.494 e. The molecular formula is C19H27NO4S. The van der Waals surface area contributed by atoms with Gasteiger partial charge in [-0.3, -0.25) is 9.59 Å². The number of carbonyl (C=O) groups excluding carboxylic acids is 2. The molecule has 1 amide bonds. The van der Waals surface area contributed by atoms with Crippen LogP contribution in [-0.2, 0) is 14.3 Å². The summed E-state index contributed by atoms with van der Waals surface area (Å²) in [5.74, 6) is 1.24. The van der Waals surface area contributed by atoms with E-state index in [0.717, 1.165) is 36.3 Å². The van der Waals surface area contributed by atoms with E-state index in [1.807, 2.05) is 31.2 Å². The molecule has 1 aromatic carbocycles. The minimum absolute atomic E-state index is 0.00291.